The van der Waals surface area contributed by atoms with Gasteiger partial charge in [0, 0.05) is 22.6 Å². The number of fused-ring (bicyclic) bond motifs is 3. The molecule has 0 aliphatic carbocycles. The third-order valence-electron chi connectivity index (χ3n) is 6.29. The molecule has 2 aromatic carbocycles. The Labute approximate surface area is 195 Å². The molecule has 8 nitrogen and oxygen atoms in total. The summed E-state index contributed by atoms with van der Waals surface area (Å²) in [4.78, 5) is 27.1. The molecule has 32 heavy (non-hydrogen) atoms. The third kappa shape index (κ3) is 3.87. The second kappa shape index (κ2) is 8.23. The van der Waals surface area contributed by atoms with Gasteiger partial charge < -0.3 is 10.3 Å². The minimum absolute atomic E-state index is 0.0510. The number of nitrogens with one attached hydrogen (secondary N) is 3. The number of hydrogen-bond donors (Lipinski definition) is 3. The summed E-state index contributed by atoms with van der Waals surface area (Å²) in [5, 5.41) is 6.28. The van der Waals surface area contributed by atoms with Crippen molar-refractivity contribution in [1.29, 1.82) is 0 Å². The zero-order chi connectivity index (χ0) is 22.4. The summed E-state index contributed by atoms with van der Waals surface area (Å²) in [6.07, 6.45) is 4.26. The predicted molar refractivity (Wildman–Crippen MR) is 125 cm³/mol. The van der Waals surface area contributed by atoms with Crippen LogP contribution in [0.4, 0.5) is 10.5 Å². The van der Waals surface area contributed by atoms with E-state index in [-0.39, 0.29) is 36.7 Å². The molecule has 3 aliphatic heterocycles. The zero-order valence-electron chi connectivity index (χ0n) is 17.9. The monoisotopic (exact) mass is 496 g/mol. The van der Waals surface area contributed by atoms with Crippen LogP contribution in [-0.4, -0.2) is 45.6 Å². The number of carbonyl (C=O) groups is 2. The van der Waals surface area contributed by atoms with Gasteiger partial charge in [0.25, 0.3) is 0 Å². The van der Waals surface area contributed by atoms with Crippen molar-refractivity contribution in [3.63, 3.8) is 0 Å². The Hall–Kier alpha value is -2.88. The molecule has 0 bridgehead atoms. The molecule has 5 rings (SSSR count). The minimum atomic E-state index is -0.258. The lowest BCUT2D eigenvalue weighted by Crippen LogP contribution is -2.54. The molecule has 3 unspecified atom stereocenters. The van der Waals surface area contributed by atoms with Crippen LogP contribution in [0.1, 0.15) is 29.2 Å². The number of anilines is 1. The Kier molecular flexibility index (Phi) is 5.40. The smallest absolute Gasteiger partial charge is 0.324 e. The van der Waals surface area contributed by atoms with Crippen molar-refractivity contribution in [2.24, 2.45) is 0 Å². The van der Waals surface area contributed by atoms with Crippen LogP contribution in [0.15, 0.2) is 59.3 Å². The lowest BCUT2D eigenvalue weighted by atomic mass is 9.97. The quantitative estimate of drug-likeness (QED) is 0.604. The Morgan fingerprint density at radius 3 is 2.62 bits per heavy atom. The van der Waals surface area contributed by atoms with Crippen LogP contribution < -0.4 is 16.2 Å². The first-order valence-electron chi connectivity index (χ1n) is 10.6. The normalized spacial score (nSPS) is 24.0. The standard InChI is InChI=1S/C23H25BrN6O2/c1-14-3-4-16(11-15(14)2)19-12-20-22-27-30(23(32)28(22)9-10-29(20)26-19)13-21(31)25-18-7-5-17(24)6-8-18/h3-11,19-20,22,26-27H,12-13H2,1-2H3,(H,25,31). The number of rotatable bonds is 4. The molecule has 3 atom stereocenters. The fourth-order valence-corrected chi connectivity index (χ4v) is 4.67. The van der Waals surface area contributed by atoms with Crippen molar-refractivity contribution in [3.05, 3.63) is 76.0 Å². The Morgan fingerprint density at radius 1 is 1.09 bits per heavy atom. The van der Waals surface area contributed by atoms with Crippen molar-refractivity contribution in [3.8, 4) is 0 Å². The predicted octanol–water partition coefficient (Wildman–Crippen LogP) is 3.38. The van der Waals surface area contributed by atoms with Gasteiger partial charge in [-0.3, -0.25) is 9.69 Å². The van der Waals surface area contributed by atoms with E-state index in [2.05, 4.69) is 69.2 Å². The van der Waals surface area contributed by atoms with Gasteiger partial charge in [0.15, 0.2) is 0 Å². The molecule has 2 saturated heterocycles. The first kappa shape index (κ1) is 21.0. The lowest BCUT2D eigenvalue weighted by molar-refractivity contribution is -0.117. The molecule has 2 aromatic rings. The molecule has 3 N–H and O–H groups in total. The van der Waals surface area contributed by atoms with Gasteiger partial charge in [-0.2, -0.15) is 0 Å². The summed E-state index contributed by atoms with van der Waals surface area (Å²) in [6, 6.07) is 13.8. The molecule has 2 fully saturated rings. The van der Waals surface area contributed by atoms with Gasteiger partial charge in [-0.05, 0) is 61.2 Å². The van der Waals surface area contributed by atoms with Gasteiger partial charge in [0.2, 0.25) is 5.91 Å². The summed E-state index contributed by atoms with van der Waals surface area (Å²) < 4.78 is 0.935. The van der Waals surface area contributed by atoms with Crippen LogP contribution in [0.3, 0.4) is 0 Å². The Balaban J connectivity index is 1.25. The number of hydrazine groups is 2. The topological polar surface area (TPSA) is 80.0 Å². The molecule has 3 heterocycles. The van der Waals surface area contributed by atoms with E-state index < -0.39 is 0 Å². The number of hydrogen-bond acceptors (Lipinski definition) is 5. The number of halogens is 1. The molecule has 3 aliphatic rings. The number of nitrogens with zero attached hydrogens (tertiary/aromatic N) is 3. The van der Waals surface area contributed by atoms with E-state index in [1.807, 2.05) is 30.5 Å². The summed E-state index contributed by atoms with van der Waals surface area (Å²) in [5.41, 5.74) is 11.2. The maximum atomic E-state index is 12.9. The van der Waals surface area contributed by atoms with Crippen LogP contribution in [-0.2, 0) is 4.79 Å². The average Bonchev–Trinajstić information content (AvgIpc) is 3.33. The average molecular weight is 497 g/mol. The third-order valence-corrected chi connectivity index (χ3v) is 6.82. The molecule has 0 radical (unpaired) electrons. The van der Waals surface area contributed by atoms with Crippen molar-refractivity contribution >= 4 is 33.6 Å². The van der Waals surface area contributed by atoms with Gasteiger partial charge in [0.1, 0.15) is 12.7 Å². The van der Waals surface area contributed by atoms with Gasteiger partial charge in [-0.25, -0.2) is 20.7 Å². The summed E-state index contributed by atoms with van der Waals surface area (Å²) in [7, 11) is 0. The summed E-state index contributed by atoms with van der Waals surface area (Å²) in [6.45, 7) is 4.16. The van der Waals surface area contributed by atoms with Crippen molar-refractivity contribution in [2.45, 2.75) is 38.5 Å². The Morgan fingerprint density at radius 2 is 1.88 bits per heavy atom. The van der Waals surface area contributed by atoms with E-state index in [9.17, 15) is 9.59 Å². The highest BCUT2D eigenvalue weighted by Gasteiger charge is 2.48. The van der Waals surface area contributed by atoms with E-state index in [4.69, 9.17) is 0 Å². The second-order valence-electron chi connectivity index (χ2n) is 8.44. The number of carbonyl (C=O) groups excluding carboxylic acids is 2. The van der Waals surface area contributed by atoms with Crippen LogP contribution in [0, 0.1) is 13.8 Å². The number of benzene rings is 2. The highest BCUT2D eigenvalue weighted by atomic mass is 79.9. The van der Waals surface area contributed by atoms with Gasteiger partial charge in [-0.15, -0.1) is 0 Å². The van der Waals surface area contributed by atoms with Crippen LogP contribution in [0.25, 0.3) is 0 Å². The van der Waals surface area contributed by atoms with E-state index in [1.165, 1.54) is 21.7 Å². The van der Waals surface area contributed by atoms with Crippen molar-refractivity contribution in [1.82, 2.24) is 25.8 Å². The molecule has 9 heteroatoms. The van der Waals surface area contributed by atoms with E-state index in [0.29, 0.717) is 5.69 Å². The summed E-state index contributed by atoms with van der Waals surface area (Å²) >= 11 is 3.38. The maximum Gasteiger partial charge on any atom is 0.340 e. The Bertz CT molecular complexity index is 1090. The molecular formula is C23H25BrN6O2. The zero-order valence-corrected chi connectivity index (χ0v) is 19.5. The largest absolute Gasteiger partial charge is 0.340 e. The van der Waals surface area contributed by atoms with Crippen LogP contribution >= 0.6 is 15.9 Å². The minimum Gasteiger partial charge on any atom is -0.324 e. The van der Waals surface area contributed by atoms with Gasteiger partial charge >= 0.3 is 6.03 Å². The first-order chi connectivity index (χ1) is 15.4. The number of urea groups is 1. The van der Waals surface area contributed by atoms with Crippen LogP contribution in [0.5, 0.6) is 0 Å². The SMILES string of the molecule is Cc1ccc(C2CC3C4NN(CC(=O)Nc5ccc(Br)cc5)C(=O)N4C=CN3N2)cc1C. The summed E-state index contributed by atoms with van der Waals surface area (Å²) in [5.74, 6) is -0.258. The highest BCUT2D eigenvalue weighted by Crippen LogP contribution is 2.35. The van der Waals surface area contributed by atoms with Gasteiger partial charge in [0.05, 0.1) is 12.1 Å². The lowest BCUT2D eigenvalue weighted by Gasteiger charge is -2.34. The van der Waals surface area contributed by atoms with Crippen molar-refractivity contribution in [2.75, 3.05) is 11.9 Å². The second-order valence-corrected chi connectivity index (χ2v) is 9.35. The first-order valence-corrected chi connectivity index (χ1v) is 11.4. The molecule has 3 amide bonds. The number of amides is 3. The maximum absolute atomic E-state index is 12.9. The van der Waals surface area contributed by atoms with Crippen LogP contribution in [0.2, 0.25) is 0 Å². The number of aryl methyl sites for hydroxylation is 2. The molecule has 166 valence electrons. The fraction of sp³-hybridized carbons (Fsp3) is 0.304. The van der Waals surface area contributed by atoms with E-state index >= 15 is 0 Å². The molecule has 0 aromatic heterocycles. The molecule has 0 spiro atoms. The van der Waals surface area contributed by atoms with Crippen molar-refractivity contribution < 1.29 is 9.59 Å². The highest BCUT2D eigenvalue weighted by molar-refractivity contribution is 9.10. The van der Waals surface area contributed by atoms with E-state index in [0.717, 1.165) is 10.9 Å². The molecule has 0 saturated carbocycles. The van der Waals surface area contributed by atoms with Gasteiger partial charge in [-0.1, -0.05) is 34.1 Å². The van der Waals surface area contributed by atoms with E-state index in [1.54, 1.807) is 11.1 Å². The molecular weight excluding hydrogens is 472 g/mol. The fourth-order valence-electron chi connectivity index (χ4n) is 4.41.